The molecule has 3 nitrogen and oxygen atoms in total. The predicted octanol–water partition coefficient (Wildman–Crippen LogP) is 2.58. The molecule has 2 aromatic rings. The van der Waals surface area contributed by atoms with Crippen LogP contribution in [-0.4, -0.2) is 18.1 Å². The highest BCUT2D eigenvalue weighted by molar-refractivity contribution is 6.05. The van der Waals surface area contributed by atoms with E-state index in [9.17, 15) is 4.79 Å². The second-order valence-corrected chi connectivity index (χ2v) is 3.30. The number of carbonyl (C=O) groups is 1. The first-order chi connectivity index (χ1) is 7.22. The maximum Gasteiger partial charge on any atom is 0.336 e. The molecule has 0 radical (unpaired) electrons. The van der Waals surface area contributed by atoms with Crippen molar-refractivity contribution in [2.45, 2.75) is 0 Å². The van der Waals surface area contributed by atoms with Gasteiger partial charge in [0.1, 0.15) is 0 Å². The summed E-state index contributed by atoms with van der Waals surface area (Å²) >= 11 is 0. The second kappa shape index (κ2) is 3.61. The normalized spacial score (nSPS) is 10.2. The number of anilines is 1. The van der Waals surface area contributed by atoms with Gasteiger partial charge in [-0.15, -0.1) is 0 Å². The molecule has 0 aliphatic rings. The maximum atomic E-state index is 11.1. The Balaban J connectivity index is 2.80. The van der Waals surface area contributed by atoms with Crippen LogP contribution in [0.1, 0.15) is 10.4 Å². The van der Waals surface area contributed by atoms with Gasteiger partial charge in [-0.2, -0.15) is 0 Å². The average molecular weight is 201 g/mol. The molecule has 0 unspecified atom stereocenters. The first kappa shape index (κ1) is 9.52. The molecule has 0 aromatic heterocycles. The van der Waals surface area contributed by atoms with Gasteiger partial charge in [0.25, 0.3) is 0 Å². The molecular formula is C12H11NO2. The number of fused-ring (bicyclic) bond motifs is 1. The van der Waals surface area contributed by atoms with Crippen molar-refractivity contribution < 1.29 is 9.90 Å². The number of carboxylic acids is 1. The van der Waals surface area contributed by atoms with Crippen LogP contribution in [0.15, 0.2) is 36.4 Å². The lowest BCUT2D eigenvalue weighted by Gasteiger charge is -2.06. The molecule has 2 rings (SSSR count). The summed E-state index contributed by atoms with van der Waals surface area (Å²) in [7, 11) is 1.77. The van der Waals surface area contributed by atoms with Crippen LogP contribution in [0, 0.1) is 0 Å². The lowest BCUT2D eigenvalue weighted by molar-refractivity contribution is 0.0699. The van der Waals surface area contributed by atoms with E-state index in [0.29, 0.717) is 5.56 Å². The Kier molecular flexibility index (Phi) is 2.29. The van der Waals surface area contributed by atoms with E-state index in [-0.39, 0.29) is 0 Å². The second-order valence-electron chi connectivity index (χ2n) is 3.30. The van der Waals surface area contributed by atoms with E-state index < -0.39 is 5.97 Å². The van der Waals surface area contributed by atoms with E-state index in [2.05, 4.69) is 5.32 Å². The Morgan fingerprint density at radius 1 is 1.27 bits per heavy atom. The first-order valence-electron chi connectivity index (χ1n) is 4.66. The van der Waals surface area contributed by atoms with Crippen LogP contribution >= 0.6 is 0 Å². The summed E-state index contributed by atoms with van der Waals surface area (Å²) < 4.78 is 0. The molecule has 0 saturated heterocycles. The molecule has 0 amide bonds. The molecule has 0 atom stereocenters. The molecule has 15 heavy (non-hydrogen) atoms. The lowest BCUT2D eigenvalue weighted by atomic mass is 10.0. The van der Waals surface area contributed by atoms with E-state index in [1.165, 1.54) is 0 Å². The number of aromatic carboxylic acids is 1. The van der Waals surface area contributed by atoms with E-state index in [0.717, 1.165) is 16.5 Å². The third-order valence-corrected chi connectivity index (χ3v) is 2.38. The number of carboxylic acid groups (broad SMARTS) is 1. The molecule has 0 heterocycles. The van der Waals surface area contributed by atoms with Crippen LogP contribution in [-0.2, 0) is 0 Å². The van der Waals surface area contributed by atoms with Gasteiger partial charge in [0, 0.05) is 12.7 Å². The lowest BCUT2D eigenvalue weighted by Crippen LogP contribution is -1.99. The molecule has 0 aliphatic heterocycles. The summed E-state index contributed by atoms with van der Waals surface area (Å²) in [6.45, 7) is 0. The van der Waals surface area contributed by atoms with Crippen molar-refractivity contribution in [2.24, 2.45) is 0 Å². The third-order valence-electron chi connectivity index (χ3n) is 2.38. The van der Waals surface area contributed by atoms with Crippen molar-refractivity contribution in [2.75, 3.05) is 12.4 Å². The largest absolute Gasteiger partial charge is 0.478 e. The number of nitrogens with one attached hydrogen (secondary N) is 1. The fourth-order valence-electron chi connectivity index (χ4n) is 1.63. The average Bonchev–Trinajstić information content (AvgIpc) is 2.27. The van der Waals surface area contributed by atoms with Gasteiger partial charge >= 0.3 is 5.97 Å². The fraction of sp³-hybridized carbons (Fsp3) is 0.0833. The molecule has 0 saturated carbocycles. The predicted molar refractivity (Wildman–Crippen MR) is 60.5 cm³/mol. The van der Waals surface area contributed by atoms with E-state index in [1.54, 1.807) is 13.1 Å². The van der Waals surface area contributed by atoms with Crippen molar-refractivity contribution in [1.82, 2.24) is 0 Å². The molecule has 2 N–H and O–H groups in total. The Labute approximate surface area is 87.3 Å². The van der Waals surface area contributed by atoms with Gasteiger partial charge in [-0.1, -0.05) is 24.3 Å². The topological polar surface area (TPSA) is 49.3 Å². The van der Waals surface area contributed by atoms with Gasteiger partial charge in [-0.3, -0.25) is 0 Å². The fourth-order valence-corrected chi connectivity index (χ4v) is 1.63. The first-order valence-corrected chi connectivity index (χ1v) is 4.66. The van der Waals surface area contributed by atoms with E-state index in [1.807, 2.05) is 30.3 Å². The van der Waals surface area contributed by atoms with Gasteiger partial charge < -0.3 is 10.4 Å². The molecule has 0 fully saturated rings. The number of rotatable bonds is 2. The number of benzene rings is 2. The van der Waals surface area contributed by atoms with E-state index >= 15 is 0 Å². The van der Waals surface area contributed by atoms with Crippen molar-refractivity contribution >= 4 is 22.4 Å². The van der Waals surface area contributed by atoms with Gasteiger partial charge in [-0.25, -0.2) is 4.79 Å². The molecule has 76 valence electrons. The maximum absolute atomic E-state index is 11.1. The zero-order valence-corrected chi connectivity index (χ0v) is 8.32. The van der Waals surface area contributed by atoms with Crippen molar-refractivity contribution in [3.05, 3.63) is 42.0 Å². The minimum absolute atomic E-state index is 0.331. The summed E-state index contributed by atoms with van der Waals surface area (Å²) in [5, 5.41) is 13.7. The zero-order chi connectivity index (χ0) is 10.8. The minimum atomic E-state index is -0.900. The van der Waals surface area contributed by atoms with Crippen LogP contribution in [0.5, 0.6) is 0 Å². The monoisotopic (exact) mass is 201 g/mol. The highest BCUT2D eigenvalue weighted by atomic mass is 16.4. The standard InChI is InChI=1S/C12H11NO2/c1-13-9-6-8-4-2-3-5-10(8)11(7-9)12(14)15/h2-7,13H,1H3,(H,14,15). The van der Waals surface area contributed by atoms with Crippen molar-refractivity contribution in [3.8, 4) is 0 Å². The molecular weight excluding hydrogens is 190 g/mol. The number of hydrogen-bond acceptors (Lipinski definition) is 2. The van der Waals surface area contributed by atoms with Gasteiger partial charge in [0.15, 0.2) is 0 Å². The van der Waals surface area contributed by atoms with Crippen molar-refractivity contribution in [3.63, 3.8) is 0 Å². The summed E-state index contributed by atoms with van der Waals surface area (Å²) in [4.78, 5) is 11.1. The van der Waals surface area contributed by atoms with Gasteiger partial charge in [0.2, 0.25) is 0 Å². The summed E-state index contributed by atoms with van der Waals surface area (Å²) in [5.41, 5.74) is 1.14. The third kappa shape index (κ3) is 1.64. The Morgan fingerprint density at radius 2 is 2.00 bits per heavy atom. The van der Waals surface area contributed by atoms with Crippen LogP contribution in [0.3, 0.4) is 0 Å². The van der Waals surface area contributed by atoms with Gasteiger partial charge in [-0.05, 0) is 22.9 Å². The molecule has 3 heteroatoms. The van der Waals surface area contributed by atoms with Crippen LogP contribution in [0.2, 0.25) is 0 Å². The molecule has 2 aromatic carbocycles. The highest BCUT2D eigenvalue weighted by Gasteiger charge is 2.09. The van der Waals surface area contributed by atoms with Crippen molar-refractivity contribution in [1.29, 1.82) is 0 Å². The quantitative estimate of drug-likeness (QED) is 0.785. The van der Waals surface area contributed by atoms with Gasteiger partial charge in [0.05, 0.1) is 5.56 Å². The Bertz CT molecular complexity index is 520. The molecule has 0 bridgehead atoms. The van der Waals surface area contributed by atoms with Crippen LogP contribution in [0.4, 0.5) is 5.69 Å². The Hall–Kier alpha value is -2.03. The smallest absolute Gasteiger partial charge is 0.336 e. The minimum Gasteiger partial charge on any atom is -0.478 e. The summed E-state index contributed by atoms with van der Waals surface area (Å²) in [5.74, 6) is -0.900. The SMILES string of the molecule is CNc1cc(C(=O)O)c2ccccc2c1. The summed E-state index contributed by atoms with van der Waals surface area (Å²) in [6.07, 6.45) is 0. The zero-order valence-electron chi connectivity index (χ0n) is 8.32. The summed E-state index contributed by atoms with van der Waals surface area (Å²) in [6, 6.07) is 11.0. The van der Waals surface area contributed by atoms with E-state index in [4.69, 9.17) is 5.11 Å². The Morgan fingerprint density at radius 3 is 2.67 bits per heavy atom. The highest BCUT2D eigenvalue weighted by Crippen LogP contribution is 2.23. The molecule has 0 aliphatic carbocycles. The number of hydrogen-bond donors (Lipinski definition) is 2. The van der Waals surface area contributed by atoms with Crippen LogP contribution in [0.25, 0.3) is 10.8 Å². The molecule has 0 spiro atoms. The van der Waals surface area contributed by atoms with Crippen LogP contribution < -0.4 is 5.32 Å².